The van der Waals surface area contributed by atoms with Gasteiger partial charge in [-0.05, 0) is 29.8 Å². The maximum atomic E-state index is 12.6. The number of methoxy groups -OCH3 is 2. The van der Waals surface area contributed by atoms with Gasteiger partial charge in [-0.1, -0.05) is 56.1 Å². The molecule has 2 aromatic carbocycles. The molecule has 0 saturated heterocycles. The predicted octanol–water partition coefficient (Wildman–Crippen LogP) is 4.79. The van der Waals surface area contributed by atoms with Crippen molar-refractivity contribution in [2.24, 2.45) is 0 Å². The third-order valence-corrected chi connectivity index (χ3v) is 6.01. The van der Waals surface area contributed by atoms with Gasteiger partial charge in [-0.15, -0.1) is 0 Å². The van der Waals surface area contributed by atoms with Gasteiger partial charge in [0.05, 0.1) is 23.9 Å². The number of carbonyl (C=O) groups is 1. The Bertz CT molecular complexity index is 641. The molecule has 0 aromatic heterocycles. The van der Waals surface area contributed by atoms with Crippen molar-refractivity contribution in [3.63, 3.8) is 0 Å². The lowest BCUT2D eigenvalue weighted by molar-refractivity contribution is 0.0990. The molecular formula is C17H16Br2O3. The van der Waals surface area contributed by atoms with Crippen molar-refractivity contribution in [2.75, 3.05) is 14.2 Å². The molecule has 0 aliphatic carbocycles. The highest BCUT2D eigenvalue weighted by atomic mass is 79.9. The van der Waals surface area contributed by atoms with Crippen molar-refractivity contribution in [3.05, 3.63) is 59.7 Å². The molecular weight excluding hydrogens is 412 g/mol. The second kappa shape index (κ2) is 7.79. The number of halogens is 2. The van der Waals surface area contributed by atoms with Gasteiger partial charge < -0.3 is 9.47 Å². The highest BCUT2D eigenvalue weighted by Gasteiger charge is 2.26. The van der Waals surface area contributed by atoms with E-state index in [2.05, 4.69) is 31.9 Å². The van der Waals surface area contributed by atoms with E-state index in [9.17, 15) is 4.79 Å². The molecule has 0 amide bonds. The number of benzene rings is 2. The van der Waals surface area contributed by atoms with Gasteiger partial charge in [0.15, 0.2) is 5.78 Å². The standard InChI is InChI=1S/C17H16Br2O3/c1-21-13-8-6-11(7-9-13)15(18)16(19)17(20)12-4-3-5-14(10-12)22-2/h3-10,15-16H,1-2H3. The third-order valence-electron chi connectivity index (χ3n) is 3.30. The molecule has 0 spiro atoms. The molecule has 3 nitrogen and oxygen atoms in total. The summed E-state index contributed by atoms with van der Waals surface area (Å²) in [4.78, 5) is 12.1. The second-order valence-corrected chi connectivity index (χ2v) is 6.65. The third kappa shape index (κ3) is 3.90. The van der Waals surface area contributed by atoms with Gasteiger partial charge >= 0.3 is 0 Å². The van der Waals surface area contributed by atoms with Gasteiger partial charge in [0, 0.05) is 5.56 Å². The summed E-state index contributed by atoms with van der Waals surface area (Å²) in [7, 11) is 3.21. The fourth-order valence-electron chi connectivity index (χ4n) is 2.03. The number of alkyl halides is 2. The molecule has 0 aliphatic rings. The maximum Gasteiger partial charge on any atom is 0.178 e. The molecule has 0 N–H and O–H groups in total. The summed E-state index contributed by atoms with van der Waals surface area (Å²) >= 11 is 7.09. The zero-order chi connectivity index (χ0) is 16.1. The van der Waals surface area contributed by atoms with Crippen LogP contribution < -0.4 is 9.47 Å². The van der Waals surface area contributed by atoms with Gasteiger partial charge in [0.2, 0.25) is 0 Å². The Morgan fingerprint density at radius 2 is 1.59 bits per heavy atom. The quantitative estimate of drug-likeness (QED) is 0.491. The van der Waals surface area contributed by atoms with Crippen LogP contribution in [0, 0.1) is 0 Å². The number of rotatable bonds is 6. The topological polar surface area (TPSA) is 35.5 Å². The van der Waals surface area contributed by atoms with Gasteiger partial charge in [-0.25, -0.2) is 0 Å². The second-order valence-electron chi connectivity index (χ2n) is 4.67. The smallest absolute Gasteiger partial charge is 0.178 e. The highest BCUT2D eigenvalue weighted by Crippen LogP contribution is 2.34. The molecule has 5 heteroatoms. The number of hydrogen-bond acceptors (Lipinski definition) is 3. The molecule has 116 valence electrons. The van der Waals surface area contributed by atoms with Crippen LogP contribution in [-0.2, 0) is 0 Å². The molecule has 0 bridgehead atoms. The summed E-state index contributed by atoms with van der Waals surface area (Å²) in [5.41, 5.74) is 1.61. The fourth-order valence-corrected chi connectivity index (χ4v) is 3.14. The average molecular weight is 428 g/mol. The van der Waals surface area contributed by atoms with E-state index in [4.69, 9.17) is 9.47 Å². The monoisotopic (exact) mass is 426 g/mol. The predicted molar refractivity (Wildman–Crippen MR) is 94.7 cm³/mol. The van der Waals surface area contributed by atoms with E-state index in [0.29, 0.717) is 11.3 Å². The van der Waals surface area contributed by atoms with Crippen molar-refractivity contribution in [1.29, 1.82) is 0 Å². The number of ketones is 1. The molecule has 2 atom stereocenters. The van der Waals surface area contributed by atoms with Crippen LogP contribution >= 0.6 is 31.9 Å². The Kier molecular flexibility index (Phi) is 6.03. The first-order valence-electron chi connectivity index (χ1n) is 6.67. The van der Waals surface area contributed by atoms with Gasteiger partial charge in [0.25, 0.3) is 0 Å². The fraction of sp³-hybridized carbons (Fsp3) is 0.235. The largest absolute Gasteiger partial charge is 0.497 e. The van der Waals surface area contributed by atoms with E-state index in [1.54, 1.807) is 26.4 Å². The molecule has 0 aliphatic heterocycles. The van der Waals surface area contributed by atoms with Crippen molar-refractivity contribution < 1.29 is 14.3 Å². The van der Waals surface area contributed by atoms with E-state index in [0.717, 1.165) is 11.3 Å². The maximum absolute atomic E-state index is 12.6. The van der Waals surface area contributed by atoms with Crippen LogP contribution in [-0.4, -0.2) is 24.8 Å². The Morgan fingerprint density at radius 3 is 2.18 bits per heavy atom. The SMILES string of the molecule is COc1ccc(C(Br)C(Br)C(=O)c2cccc(OC)c2)cc1. The van der Waals surface area contributed by atoms with E-state index in [-0.39, 0.29) is 15.4 Å². The van der Waals surface area contributed by atoms with Gasteiger partial charge in [-0.2, -0.15) is 0 Å². The van der Waals surface area contributed by atoms with Gasteiger partial charge in [-0.3, -0.25) is 4.79 Å². The highest BCUT2D eigenvalue weighted by molar-refractivity contribution is 9.12. The summed E-state index contributed by atoms with van der Waals surface area (Å²) in [5, 5.41) is 0. The molecule has 0 fully saturated rings. The Hall–Kier alpha value is -1.33. The minimum absolute atomic E-state index is 0.00315. The lowest BCUT2D eigenvalue weighted by Crippen LogP contribution is -2.19. The normalized spacial score (nSPS) is 13.3. The zero-order valence-electron chi connectivity index (χ0n) is 12.3. The van der Waals surface area contributed by atoms with Crippen LogP contribution in [0.5, 0.6) is 11.5 Å². The van der Waals surface area contributed by atoms with Crippen molar-refractivity contribution in [2.45, 2.75) is 9.65 Å². The zero-order valence-corrected chi connectivity index (χ0v) is 15.4. The van der Waals surface area contributed by atoms with Crippen LogP contribution in [0.25, 0.3) is 0 Å². The lowest BCUT2D eigenvalue weighted by Gasteiger charge is -2.17. The first kappa shape index (κ1) is 17.0. The van der Waals surface area contributed by atoms with Crippen LogP contribution in [0.2, 0.25) is 0 Å². The molecule has 2 rings (SSSR count). The van der Waals surface area contributed by atoms with Crippen molar-refractivity contribution in [1.82, 2.24) is 0 Å². The molecule has 22 heavy (non-hydrogen) atoms. The van der Waals surface area contributed by atoms with E-state index >= 15 is 0 Å². The number of hydrogen-bond donors (Lipinski definition) is 0. The summed E-state index contributed by atoms with van der Waals surface area (Å²) in [5.74, 6) is 1.45. The van der Waals surface area contributed by atoms with Crippen LogP contribution in [0.3, 0.4) is 0 Å². The minimum atomic E-state index is -0.381. The van der Waals surface area contributed by atoms with Crippen LogP contribution in [0.15, 0.2) is 48.5 Å². The molecule has 0 heterocycles. The summed E-state index contributed by atoms with van der Waals surface area (Å²) in [6.07, 6.45) is 0. The summed E-state index contributed by atoms with van der Waals surface area (Å²) in [6.45, 7) is 0. The molecule has 2 unspecified atom stereocenters. The number of Topliss-reactive ketones (excluding diaryl/α,β-unsaturated/α-hetero) is 1. The first-order valence-corrected chi connectivity index (χ1v) is 8.50. The van der Waals surface area contributed by atoms with Gasteiger partial charge in [0.1, 0.15) is 11.5 Å². The minimum Gasteiger partial charge on any atom is -0.497 e. The van der Waals surface area contributed by atoms with E-state index in [1.165, 1.54) is 0 Å². The van der Waals surface area contributed by atoms with E-state index < -0.39 is 0 Å². The summed E-state index contributed by atoms with van der Waals surface area (Å²) < 4.78 is 10.3. The summed E-state index contributed by atoms with van der Waals surface area (Å²) in [6, 6.07) is 14.8. The molecule has 0 saturated carbocycles. The lowest BCUT2D eigenvalue weighted by atomic mass is 10.0. The van der Waals surface area contributed by atoms with Crippen molar-refractivity contribution >= 4 is 37.6 Å². The first-order chi connectivity index (χ1) is 10.6. The molecule has 0 radical (unpaired) electrons. The van der Waals surface area contributed by atoms with E-state index in [1.807, 2.05) is 36.4 Å². The van der Waals surface area contributed by atoms with Crippen LogP contribution in [0.1, 0.15) is 20.7 Å². The average Bonchev–Trinajstić information content (AvgIpc) is 2.59. The Balaban J connectivity index is 2.17. The van der Waals surface area contributed by atoms with Crippen LogP contribution in [0.4, 0.5) is 0 Å². The number of carbonyl (C=O) groups excluding carboxylic acids is 1. The number of ether oxygens (including phenoxy) is 2. The molecule has 2 aromatic rings. The Morgan fingerprint density at radius 1 is 0.955 bits per heavy atom. The Labute approximate surface area is 146 Å². The van der Waals surface area contributed by atoms with Crippen molar-refractivity contribution in [3.8, 4) is 11.5 Å².